The van der Waals surface area contributed by atoms with Crippen LogP contribution in [0.3, 0.4) is 0 Å². The van der Waals surface area contributed by atoms with Crippen LogP contribution < -0.4 is 4.90 Å². The van der Waals surface area contributed by atoms with Gasteiger partial charge in [-0.25, -0.2) is 0 Å². The van der Waals surface area contributed by atoms with E-state index < -0.39 is 12.1 Å². The molecule has 126 valence electrons. The van der Waals surface area contributed by atoms with Crippen LogP contribution in [0.5, 0.6) is 0 Å². The van der Waals surface area contributed by atoms with Crippen molar-refractivity contribution in [2.45, 2.75) is 31.9 Å². The Kier molecular flexibility index (Phi) is 4.62. The number of alkyl halides is 3. The first-order chi connectivity index (χ1) is 10.9. The number of rotatable bonds is 2. The van der Waals surface area contributed by atoms with Crippen molar-refractivity contribution in [2.75, 3.05) is 31.1 Å². The van der Waals surface area contributed by atoms with Crippen molar-refractivity contribution in [3.63, 3.8) is 0 Å². The third-order valence-corrected chi connectivity index (χ3v) is 4.74. The lowest BCUT2D eigenvalue weighted by molar-refractivity contribution is -0.187. The molecule has 0 spiro atoms. The highest BCUT2D eigenvalue weighted by atomic mass is 19.4. The largest absolute Gasteiger partial charge is 0.393 e. The zero-order valence-corrected chi connectivity index (χ0v) is 13.0. The van der Waals surface area contributed by atoms with Gasteiger partial charge in [0.25, 0.3) is 0 Å². The number of amides is 1. The Morgan fingerprint density at radius 3 is 2.74 bits per heavy atom. The molecule has 0 aliphatic carbocycles. The van der Waals surface area contributed by atoms with E-state index in [1.807, 2.05) is 24.3 Å². The topological polar surface area (TPSA) is 23.6 Å². The fourth-order valence-corrected chi connectivity index (χ4v) is 3.54. The van der Waals surface area contributed by atoms with Gasteiger partial charge in [0.1, 0.15) is 0 Å². The SMILES string of the molecule is O=C(CN1CCCC(C(F)(F)F)C1)N1CCCc2ccccc21. The molecule has 1 fully saturated rings. The van der Waals surface area contributed by atoms with Gasteiger partial charge in [-0.1, -0.05) is 18.2 Å². The van der Waals surface area contributed by atoms with E-state index in [0.29, 0.717) is 19.5 Å². The molecule has 0 N–H and O–H groups in total. The molecule has 1 amide bonds. The van der Waals surface area contributed by atoms with Gasteiger partial charge >= 0.3 is 6.18 Å². The Morgan fingerprint density at radius 2 is 1.96 bits per heavy atom. The third-order valence-electron chi connectivity index (χ3n) is 4.74. The van der Waals surface area contributed by atoms with Gasteiger partial charge in [0.2, 0.25) is 5.91 Å². The highest BCUT2D eigenvalue weighted by Crippen LogP contribution is 2.33. The zero-order valence-electron chi connectivity index (χ0n) is 13.0. The van der Waals surface area contributed by atoms with Crippen molar-refractivity contribution < 1.29 is 18.0 Å². The summed E-state index contributed by atoms with van der Waals surface area (Å²) in [6, 6.07) is 7.77. The average molecular weight is 326 g/mol. The van der Waals surface area contributed by atoms with E-state index in [9.17, 15) is 18.0 Å². The number of para-hydroxylation sites is 1. The Labute approximate surface area is 134 Å². The van der Waals surface area contributed by atoms with Gasteiger partial charge in [0.15, 0.2) is 0 Å². The summed E-state index contributed by atoms with van der Waals surface area (Å²) in [5, 5.41) is 0. The molecule has 0 bridgehead atoms. The summed E-state index contributed by atoms with van der Waals surface area (Å²) in [4.78, 5) is 16.0. The molecule has 6 heteroatoms. The molecule has 3 nitrogen and oxygen atoms in total. The number of hydrogen-bond acceptors (Lipinski definition) is 2. The number of likely N-dealkylation sites (tertiary alicyclic amines) is 1. The first-order valence-electron chi connectivity index (χ1n) is 8.12. The summed E-state index contributed by atoms with van der Waals surface area (Å²) in [5.74, 6) is -1.40. The van der Waals surface area contributed by atoms with E-state index in [2.05, 4.69) is 0 Å². The number of anilines is 1. The molecule has 2 aliphatic heterocycles. The van der Waals surface area contributed by atoms with Crippen molar-refractivity contribution >= 4 is 11.6 Å². The number of fused-ring (bicyclic) bond motifs is 1. The van der Waals surface area contributed by atoms with E-state index in [-0.39, 0.29) is 25.4 Å². The van der Waals surface area contributed by atoms with E-state index in [0.717, 1.165) is 24.1 Å². The van der Waals surface area contributed by atoms with Crippen LogP contribution in [-0.4, -0.2) is 43.2 Å². The van der Waals surface area contributed by atoms with Crippen LogP contribution >= 0.6 is 0 Å². The third kappa shape index (κ3) is 3.68. The second-order valence-electron chi connectivity index (χ2n) is 6.39. The molecule has 3 rings (SSSR count). The zero-order chi connectivity index (χ0) is 16.4. The molecule has 2 aliphatic rings. The molecule has 2 heterocycles. The number of benzene rings is 1. The Hall–Kier alpha value is -1.56. The summed E-state index contributed by atoms with van der Waals surface area (Å²) < 4.78 is 38.6. The van der Waals surface area contributed by atoms with Crippen molar-refractivity contribution in [1.29, 1.82) is 0 Å². The van der Waals surface area contributed by atoms with Crippen molar-refractivity contribution in [3.05, 3.63) is 29.8 Å². The predicted octanol–water partition coefficient (Wildman–Crippen LogP) is 3.24. The second kappa shape index (κ2) is 6.51. The van der Waals surface area contributed by atoms with Gasteiger partial charge in [0.05, 0.1) is 12.5 Å². The first-order valence-corrected chi connectivity index (χ1v) is 8.12. The van der Waals surface area contributed by atoms with Crippen molar-refractivity contribution in [1.82, 2.24) is 4.90 Å². The van der Waals surface area contributed by atoms with Crippen LogP contribution in [0.15, 0.2) is 24.3 Å². The normalized spacial score (nSPS) is 22.7. The summed E-state index contributed by atoms with van der Waals surface area (Å²) in [7, 11) is 0. The molecular weight excluding hydrogens is 305 g/mol. The highest BCUT2D eigenvalue weighted by Gasteiger charge is 2.42. The van der Waals surface area contributed by atoms with E-state index in [4.69, 9.17) is 0 Å². The van der Waals surface area contributed by atoms with Crippen LogP contribution in [0.2, 0.25) is 0 Å². The summed E-state index contributed by atoms with van der Waals surface area (Å²) in [6.07, 6.45) is -1.66. The van der Waals surface area contributed by atoms with Crippen LogP contribution in [0.1, 0.15) is 24.8 Å². The minimum Gasteiger partial charge on any atom is -0.311 e. The van der Waals surface area contributed by atoms with E-state index >= 15 is 0 Å². The number of nitrogens with zero attached hydrogens (tertiary/aromatic N) is 2. The number of halogens is 3. The quantitative estimate of drug-likeness (QED) is 0.833. The highest BCUT2D eigenvalue weighted by molar-refractivity contribution is 5.95. The Morgan fingerprint density at radius 1 is 1.17 bits per heavy atom. The number of carbonyl (C=O) groups excluding carboxylic acids is 1. The Bertz CT molecular complexity index is 573. The maximum absolute atomic E-state index is 12.9. The Balaban J connectivity index is 1.66. The van der Waals surface area contributed by atoms with Gasteiger partial charge in [-0.3, -0.25) is 9.69 Å². The molecule has 1 saturated heterocycles. The lowest BCUT2D eigenvalue weighted by Gasteiger charge is -2.35. The minimum absolute atomic E-state index is 0.0648. The summed E-state index contributed by atoms with van der Waals surface area (Å²) >= 11 is 0. The number of aryl methyl sites for hydroxylation is 1. The van der Waals surface area contributed by atoms with E-state index in [1.165, 1.54) is 0 Å². The monoisotopic (exact) mass is 326 g/mol. The molecule has 0 radical (unpaired) electrons. The van der Waals surface area contributed by atoms with Gasteiger partial charge in [-0.05, 0) is 43.9 Å². The summed E-state index contributed by atoms with van der Waals surface area (Å²) in [6.45, 7) is 1.21. The maximum Gasteiger partial charge on any atom is 0.393 e. The molecule has 23 heavy (non-hydrogen) atoms. The molecule has 1 atom stereocenters. The smallest absolute Gasteiger partial charge is 0.311 e. The lowest BCUT2D eigenvalue weighted by atomic mass is 9.97. The van der Waals surface area contributed by atoms with Crippen LogP contribution in [0.25, 0.3) is 0 Å². The van der Waals surface area contributed by atoms with Gasteiger partial charge in [0, 0.05) is 18.8 Å². The molecule has 0 saturated carbocycles. The van der Waals surface area contributed by atoms with Crippen LogP contribution in [-0.2, 0) is 11.2 Å². The molecular formula is C17H21F3N2O. The second-order valence-corrected chi connectivity index (χ2v) is 6.39. The standard InChI is InChI=1S/C17H21F3N2O/c18-17(19,20)14-7-4-9-21(11-14)12-16(23)22-10-3-6-13-5-1-2-8-15(13)22/h1-2,5,8,14H,3-4,6-7,9-12H2. The predicted molar refractivity (Wildman–Crippen MR) is 82.3 cm³/mol. The summed E-state index contributed by atoms with van der Waals surface area (Å²) in [5.41, 5.74) is 2.05. The molecule has 1 aromatic rings. The van der Waals surface area contributed by atoms with Gasteiger partial charge in [-0.15, -0.1) is 0 Å². The number of carbonyl (C=O) groups is 1. The molecule has 1 unspecified atom stereocenters. The van der Waals surface area contributed by atoms with Crippen LogP contribution in [0, 0.1) is 5.92 Å². The number of hydrogen-bond donors (Lipinski definition) is 0. The van der Waals surface area contributed by atoms with Crippen molar-refractivity contribution in [3.8, 4) is 0 Å². The van der Waals surface area contributed by atoms with Gasteiger partial charge in [-0.2, -0.15) is 13.2 Å². The lowest BCUT2D eigenvalue weighted by Crippen LogP contribution is -2.48. The first kappa shape index (κ1) is 16.3. The van der Waals surface area contributed by atoms with Crippen LogP contribution in [0.4, 0.5) is 18.9 Å². The average Bonchev–Trinajstić information content (AvgIpc) is 2.53. The molecule has 0 aromatic heterocycles. The molecule has 1 aromatic carbocycles. The fourth-order valence-electron chi connectivity index (χ4n) is 3.54. The van der Waals surface area contributed by atoms with Gasteiger partial charge < -0.3 is 4.90 Å². The fraction of sp³-hybridized carbons (Fsp3) is 0.588. The van der Waals surface area contributed by atoms with Crippen molar-refractivity contribution in [2.24, 2.45) is 5.92 Å². The minimum atomic E-state index is -4.17. The number of piperidine rings is 1. The maximum atomic E-state index is 12.9. The van der Waals surface area contributed by atoms with E-state index in [1.54, 1.807) is 9.80 Å².